The van der Waals surface area contributed by atoms with Crippen LogP contribution in [-0.2, 0) is 12.8 Å². The summed E-state index contributed by atoms with van der Waals surface area (Å²) in [5.74, 6) is 0.487. The van der Waals surface area contributed by atoms with E-state index in [1.807, 2.05) is 0 Å². The molecule has 0 spiro atoms. The van der Waals surface area contributed by atoms with E-state index in [0.717, 1.165) is 39.4 Å². The minimum Gasteiger partial charge on any atom is -0.339 e. The smallest absolute Gasteiger partial charge is 0.153 e. The van der Waals surface area contributed by atoms with E-state index in [1.54, 1.807) is 18.5 Å². The van der Waals surface area contributed by atoms with Crippen LogP contribution in [0.1, 0.15) is 17.5 Å². The first kappa shape index (κ1) is 15.4. The van der Waals surface area contributed by atoms with Crippen LogP contribution in [0.15, 0.2) is 48.8 Å². The van der Waals surface area contributed by atoms with Gasteiger partial charge in [0.1, 0.15) is 28.1 Å². The Labute approximate surface area is 153 Å². The third kappa shape index (κ3) is 2.63. The van der Waals surface area contributed by atoms with Crippen LogP contribution in [0.5, 0.6) is 0 Å². The predicted molar refractivity (Wildman–Crippen MR) is 102 cm³/mol. The first-order chi connectivity index (χ1) is 12.8. The molecule has 0 aliphatic heterocycles. The lowest BCUT2D eigenvalue weighted by Gasteiger charge is -2.08. The van der Waals surface area contributed by atoms with Crippen LogP contribution in [-0.4, -0.2) is 14.3 Å². The van der Waals surface area contributed by atoms with Crippen LogP contribution >= 0.6 is 11.5 Å². The van der Waals surface area contributed by atoms with Crippen molar-refractivity contribution in [1.82, 2.24) is 14.3 Å². The standard InChI is InChI=1S/C20H15FN4S/c21-15-7-4-13(5-8-15)17-18-19(26-25-17)20(23-11-22-18)24-16-9-6-12-2-1-3-14(12)10-16/h4-11H,1-3H2,(H,22,23,24). The van der Waals surface area contributed by atoms with Crippen LogP contribution in [0.4, 0.5) is 15.9 Å². The zero-order valence-corrected chi connectivity index (χ0v) is 14.7. The van der Waals surface area contributed by atoms with Crippen molar-refractivity contribution in [1.29, 1.82) is 0 Å². The summed E-state index contributed by atoms with van der Waals surface area (Å²) in [6.07, 6.45) is 5.08. The molecule has 0 unspecified atom stereocenters. The summed E-state index contributed by atoms with van der Waals surface area (Å²) in [6, 6.07) is 12.8. The highest BCUT2D eigenvalue weighted by Gasteiger charge is 2.15. The van der Waals surface area contributed by atoms with Gasteiger partial charge in [-0.3, -0.25) is 0 Å². The van der Waals surface area contributed by atoms with E-state index < -0.39 is 0 Å². The van der Waals surface area contributed by atoms with Crippen LogP contribution < -0.4 is 5.32 Å². The Morgan fingerprint density at radius 1 is 0.962 bits per heavy atom. The lowest BCUT2D eigenvalue weighted by molar-refractivity contribution is 0.628. The molecule has 5 rings (SSSR count). The highest BCUT2D eigenvalue weighted by Crippen LogP contribution is 2.34. The topological polar surface area (TPSA) is 50.7 Å². The van der Waals surface area contributed by atoms with Gasteiger partial charge < -0.3 is 5.32 Å². The van der Waals surface area contributed by atoms with E-state index in [-0.39, 0.29) is 5.82 Å². The summed E-state index contributed by atoms with van der Waals surface area (Å²) in [5.41, 5.74) is 6.27. The van der Waals surface area contributed by atoms with Gasteiger partial charge in [-0.1, -0.05) is 6.07 Å². The maximum absolute atomic E-state index is 13.2. The summed E-state index contributed by atoms with van der Waals surface area (Å²) in [5, 5.41) is 3.41. The summed E-state index contributed by atoms with van der Waals surface area (Å²) in [7, 11) is 0. The summed E-state index contributed by atoms with van der Waals surface area (Å²) in [4.78, 5) is 8.81. The molecule has 0 fully saturated rings. The van der Waals surface area contributed by atoms with Crippen molar-refractivity contribution in [2.24, 2.45) is 0 Å². The fourth-order valence-electron chi connectivity index (χ4n) is 3.44. The molecule has 4 nitrogen and oxygen atoms in total. The molecule has 0 atom stereocenters. The average molecular weight is 362 g/mol. The van der Waals surface area contributed by atoms with E-state index in [9.17, 15) is 4.39 Å². The van der Waals surface area contributed by atoms with Gasteiger partial charge >= 0.3 is 0 Å². The number of benzene rings is 2. The minimum atomic E-state index is -0.262. The van der Waals surface area contributed by atoms with E-state index >= 15 is 0 Å². The average Bonchev–Trinajstić information content (AvgIpc) is 3.29. The molecule has 1 aliphatic carbocycles. The maximum atomic E-state index is 13.2. The summed E-state index contributed by atoms with van der Waals surface area (Å²) >= 11 is 1.35. The van der Waals surface area contributed by atoms with Crippen LogP contribution in [0.25, 0.3) is 21.5 Å². The molecule has 0 saturated heterocycles. The Bertz CT molecular complexity index is 1100. The van der Waals surface area contributed by atoms with E-state index in [4.69, 9.17) is 0 Å². The number of hydrogen-bond acceptors (Lipinski definition) is 5. The van der Waals surface area contributed by atoms with Gasteiger partial charge in [0.2, 0.25) is 0 Å². The number of halogens is 1. The zero-order chi connectivity index (χ0) is 17.5. The summed E-state index contributed by atoms with van der Waals surface area (Å²) in [6.45, 7) is 0. The molecule has 128 valence electrons. The number of aryl methyl sites for hydroxylation is 2. The minimum absolute atomic E-state index is 0.262. The second-order valence-electron chi connectivity index (χ2n) is 6.40. The lowest BCUT2D eigenvalue weighted by atomic mass is 10.1. The largest absolute Gasteiger partial charge is 0.339 e. The fourth-order valence-corrected chi connectivity index (χ4v) is 4.24. The number of aromatic nitrogens is 3. The van der Waals surface area contributed by atoms with E-state index in [2.05, 4.69) is 37.9 Å². The second kappa shape index (κ2) is 6.14. The summed E-state index contributed by atoms with van der Waals surface area (Å²) < 4.78 is 18.6. The SMILES string of the molecule is Fc1ccc(-c2nsc3c(Nc4ccc5c(c4)CCC5)ncnc23)cc1. The molecule has 1 N–H and O–H groups in total. The highest BCUT2D eigenvalue weighted by atomic mass is 32.1. The van der Waals surface area contributed by atoms with Gasteiger partial charge in [0.15, 0.2) is 5.82 Å². The second-order valence-corrected chi connectivity index (χ2v) is 7.17. The molecular weight excluding hydrogens is 347 g/mol. The Balaban J connectivity index is 1.54. The number of rotatable bonds is 3. The van der Waals surface area contributed by atoms with Crippen molar-refractivity contribution in [3.63, 3.8) is 0 Å². The molecule has 1 aliphatic rings. The van der Waals surface area contributed by atoms with Crippen molar-refractivity contribution in [3.05, 3.63) is 65.7 Å². The molecule has 0 bridgehead atoms. The van der Waals surface area contributed by atoms with E-state index in [0.29, 0.717) is 0 Å². The molecule has 2 aromatic heterocycles. The fraction of sp³-hybridized carbons (Fsp3) is 0.150. The quantitative estimate of drug-likeness (QED) is 0.549. The van der Waals surface area contributed by atoms with Gasteiger partial charge in [-0.25, -0.2) is 14.4 Å². The third-order valence-corrected chi connectivity index (χ3v) is 5.58. The molecule has 0 radical (unpaired) electrons. The molecule has 4 aromatic rings. The number of nitrogens with zero attached hydrogens (tertiary/aromatic N) is 3. The van der Waals surface area contributed by atoms with Crippen molar-refractivity contribution in [3.8, 4) is 11.3 Å². The van der Waals surface area contributed by atoms with E-state index in [1.165, 1.54) is 47.6 Å². The molecule has 0 saturated carbocycles. The lowest BCUT2D eigenvalue weighted by Crippen LogP contribution is -1.96. The molecule has 6 heteroatoms. The van der Waals surface area contributed by atoms with Crippen molar-refractivity contribution in [2.75, 3.05) is 5.32 Å². The van der Waals surface area contributed by atoms with Crippen molar-refractivity contribution in [2.45, 2.75) is 19.3 Å². The Kier molecular flexibility index (Phi) is 3.64. The normalized spacial score (nSPS) is 13.1. The Morgan fingerprint density at radius 3 is 2.69 bits per heavy atom. The monoisotopic (exact) mass is 362 g/mol. The van der Waals surface area contributed by atoms with Crippen LogP contribution in [0, 0.1) is 5.82 Å². The van der Waals surface area contributed by atoms with Crippen LogP contribution in [0.2, 0.25) is 0 Å². The van der Waals surface area contributed by atoms with Gasteiger partial charge in [0, 0.05) is 11.3 Å². The van der Waals surface area contributed by atoms with Gasteiger partial charge in [-0.05, 0) is 78.3 Å². The zero-order valence-electron chi connectivity index (χ0n) is 13.9. The Morgan fingerprint density at radius 2 is 1.81 bits per heavy atom. The molecule has 26 heavy (non-hydrogen) atoms. The molecule has 0 amide bonds. The number of nitrogens with one attached hydrogen (secondary N) is 1. The molecule has 2 heterocycles. The van der Waals surface area contributed by atoms with Crippen molar-refractivity contribution < 1.29 is 4.39 Å². The van der Waals surface area contributed by atoms with Crippen LogP contribution in [0.3, 0.4) is 0 Å². The highest BCUT2D eigenvalue weighted by molar-refractivity contribution is 7.14. The first-order valence-electron chi connectivity index (χ1n) is 8.53. The molecule has 2 aromatic carbocycles. The van der Waals surface area contributed by atoms with Gasteiger partial charge in [-0.2, -0.15) is 4.37 Å². The van der Waals surface area contributed by atoms with Gasteiger partial charge in [-0.15, -0.1) is 0 Å². The Hall–Kier alpha value is -2.86. The third-order valence-electron chi connectivity index (χ3n) is 4.74. The number of anilines is 2. The number of hydrogen-bond donors (Lipinski definition) is 1. The number of fused-ring (bicyclic) bond motifs is 2. The van der Waals surface area contributed by atoms with Gasteiger partial charge in [0.05, 0.1) is 0 Å². The van der Waals surface area contributed by atoms with Crippen molar-refractivity contribution >= 4 is 33.3 Å². The maximum Gasteiger partial charge on any atom is 0.153 e. The predicted octanol–water partition coefficient (Wildman–Crippen LogP) is 5.12. The van der Waals surface area contributed by atoms with Gasteiger partial charge in [0.25, 0.3) is 0 Å². The molecular formula is C20H15FN4S. The first-order valence-corrected chi connectivity index (χ1v) is 9.30.